The fourth-order valence-electron chi connectivity index (χ4n) is 2.71. The summed E-state index contributed by atoms with van der Waals surface area (Å²) in [6.45, 7) is 5.53. The second-order valence-corrected chi connectivity index (χ2v) is 5.60. The SMILES string of the molecule is Cc1noc(C)c1C(=O)Nc1ccccc1C(=O)N1CCOCC1. The Kier molecular flexibility index (Phi) is 4.61. The molecule has 0 aliphatic carbocycles. The van der Waals surface area contributed by atoms with Crippen LogP contribution in [0, 0.1) is 13.8 Å². The van der Waals surface area contributed by atoms with Gasteiger partial charge in [-0.2, -0.15) is 0 Å². The Hall–Kier alpha value is -2.67. The Bertz CT molecular complexity index is 743. The Morgan fingerprint density at radius 1 is 1.17 bits per heavy atom. The molecule has 0 spiro atoms. The summed E-state index contributed by atoms with van der Waals surface area (Å²) in [4.78, 5) is 26.9. The average molecular weight is 329 g/mol. The number of carbonyl (C=O) groups excluding carboxylic acids is 2. The molecule has 0 radical (unpaired) electrons. The molecule has 1 aromatic carbocycles. The van der Waals surface area contributed by atoms with E-state index in [0.717, 1.165) is 0 Å². The van der Waals surface area contributed by atoms with E-state index in [1.165, 1.54) is 0 Å². The van der Waals surface area contributed by atoms with Gasteiger partial charge in [-0.15, -0.1) is 0 Å². The van der Waals surface area contributed by atoms with Gasteiger partial charge in [0.1, 0.15) is 11.3 Å². The predicted octanol–water partition coefficient (Wildman–Crippen LogP) is 2.02. The quantitative estimate of drug-likeness (QED) is 0.931. The van der Waals surface area contributed by atoms with E-state index in [9.17, 15) is 9.59 Å². The lowest BCUT2D eigenvalue weighted by Gasteiger charge is -2.27. The molecule has 7 heteroatoms. The molecule has 0 saturated carbocycles. The number of benzene rings is 1. The normalized spacial score (nSPS) is 14.5. The Labute approximate surface area is 139 Å². The molecule has 1 fully saturated rings. The molecule has 2 aromatic rings. The van der Waals surface area contributed by atoms with E-state index in [0.29, 0.717) is 54.6 Å². The molecule has 24 heavy (non-hydrogen) atoms. The number of anilines is 1. The van der Waals surface area contributed by atoms with Crippen LogP contribution in [-0.2, 0) is 4.74 Å². The largest absolute Gasteiger partial charge is 0.378 e. The number of aromatic nitrogens is 1. The zero-order valence-corrected chi connectivity index (χ0v) is 13.7. The molecule has 1 aliphatic rings. The van der Waals surface area contributed by atoms with E-state index in [-0.39, 0.29) is 11.8 Å². The van der Waals surface area contributed by atoms with Crippen LogP contribution < -0.4 is 5.32 Å². The van der Waals surface area contributed by atoms with Gasteiger partial charge < -0.3 is 19.5 Å². The fraction of sp³-hybridized carbons (Fsp3) is 0.353. The summed E-state index contributed by atoms with van der Waals surface area (Å²) in [5.41, 5.74) is 1.84. The van der Waals surface area contributed by atoms with Gasteiger partial charge in [-0.3, -0.25) is 9.59 Å². The zero-order valence-electron chi connectivity index (χ0n) is 13.7. The lowest BCUT2D eigenvalue weighted by molar-refractivity contribution is 0.0303. The van der Waals surface area contributed by atoms with Gasteiger partial charge in [0.2, 0.25) is 0 Å². The number of nitrogens with zero attached hydrogens (tertiary/aromatic N) is 2. The van der Waals surface area contributed by atoms with Crippen molar-refractivity contribution in [3.63, 3.8) is 0 Å². The van der Waals surface area contributed by atoms with Gasteiger partial charge >= 0.3 is 0 Å². The highest BCUT2D eigenvalue weighted by molar-refractivity contribution is 6.09. The van der Waals surface area contributed by atoms with Crippen molar-refractivity contribution in [3.05, 3.63) is 46.8 Å². The third-order valence-electron chi connectivity index (χ3n) is 3.96. The molecule has 2 heterocycles. The first-order valence-corrected chi connectivity index (χ1v) is 7.78. The minimum atomic E-state index is -0.339. The molecule has 126 valence electrons. The summed E-state index contributed by atoms with van der Waals surface area (Å²) in [7, 11) is 0. The predicted molar refractivity (Wildman–Crippen MR) is 87.1 cm³/mol. The van der Waals surface area contributed by atoms with E-state index >= 15 is 0 Å². The van der Waals surface area contributed by atoms with Crippen LogP contribution in [0.1, 0.15) is 32.2 Å². The van der Waals surface area contributed by atoms with Crippen molar-refractivity contribution < 1.29 is 18.8 Å². The van der Waals surface area contributed by atoms with Crippen LogP contribution in [0.2, 0.25) is 0 Å². The second-order valence-electron chi connectivity index (χ2n) is 5.60. The van der Waals surface area contributed by atoms with E-state index in [2.05, 4.69) is 10.5 Å². The van der Waals surface area contributed by atoms with E-state index in [1.54, 1.807) is 43.0 Å². The third-order valence-corrected chi connectivity index (χ3v) is 3.96. The molecule has 3 rings (SSSR count). The molecule has 7 nitrogen and oxygen atoms in total. The summed E-state index contributed by atoms with van der Waals surface area (Å²) in [5, 5.41) is 6.58. The minimum absolute atomic E-state index is 0.118. The molecule has 1 aliphatic heterocycles. The summed E-state index contributed by atoms with van der Waals surface area (Å²) in [6, 6.07) is 6.97. The molecule has 0 atom stereocenters. The number of carbonyl (C=O) groups is 2. The Balaban J connectivity index is 1.84. The molecule has 1 saturated heterocycles. The number of amides is 2. The molecule has 0 bridgehead atoms. The number of para-hydroxylation sites is 1. The Morgan fingerprint density at radius 2 is 1.88 bits per heavy atom. The summed E-state index contributed by atoms with van der Waals surface area (Å²) < 4.78 is 10.3. The van der Waals surface area contributed by atoms with Gasteiger partial charge in [-0.1, -0.05) is 17.3 Å². The van der Waals surface area contributed by atoms with Crippen molar-refractivity contribution in [3.8, 4) is 0 Å². The second kappa shape index (κ2) is 6.84. The van der Waals surface area contributed by atoms with Crippen LogP contribution in [0.15, 0.2) is 28.8 Å². The van der Waals surface area contributed by atoms with E-state index in [1.807, 2.05) is 0 Å². The summed E-state index contributed by atoms with van der Waals surface area (Å²) in [5.74, 6) is -0.0107. The smallest absolute Gasteiger partial charge is 0.261 e. The van der Waals surface area contributed by atoms with Crippen molar-refractivity contribution in [2.24, 2.45) is 0 Å². The maximum Gasteiger partial charge on any atom is 0.261 e. The summed E-state index contributed by atoms with van der Waals surface area (Å²) in [6.07, 6.45) is 0. The molecule has 0 unspecified atom stereocenters. The van der Waals surface area contributed by atoms with Crippen molar-refractivity contribution in [2.75, 3.05) is 31.6 Å². The average Bonchev–Trinajstić information content (AvgIpc) is 2.94. The molecule has 1 N–H and O–H groups in total. The fourth-order valence-corrected chi connectivity index (χ4v) is 2.71. The van der Waals surface area contributed by atoms with Gasteiger partial charge in [0.25, 0.3) is 11.8 Å². The topological polar surface area (TPSA) is 84.7 Å². The van der Waals surface area contributed by atoms with Crippen LogP contribution in [0.5, 0.6) is 0 Å². The van der Waals surface area contributed by atoms with E-state index < -0.39 is 0 Å². The molecular weight excluding hydrogens is 310 g/mol. The van der Waals surface area contributed by atoms with Crippen molar-refractivity contribution in [2.45, 2.75) is 13.8 Å². The maximum absolute atomic E-state index is 12.7. The summed E-state index contributed by atoms with van der Waals surface area (Å²) >= 11 is 0. The first-order chi connectivity index (χ1) is 11.6. The van der Waals surface area contributed by atoms with Gasteiger partial charge in [0, 0.05) is 13.1 Å². The minimum Gasteiger partial charge on any atom is -0.378 e. The standard InChI is InChI=1S/C17H19N3O4/c1-11-15(12(2)24-19-11)16(21)18-14-6-4-3-5-13(14)17(22)20-7-9-23-10-8-20/h3-6H,7-10H2,1-2H3,(H,18,21). The number of ether oxygens (including phenoxy) is 1. The third kappa shape index (κ3) is 3.16. The lowest BCUT2D eigenvalue weighted by atomic mass is 10.1. The first-order valence-electron chi connectivity index (χ1n) is 7.78. The van der Waals surface area contributed by atoms with Crippen LogP contribution in [0.3, 0.4) is 0 Å². The lowest BCUT2D eigenvalue weighted by Crippen LogP contribution is -2.41. The number of rotatable bonds is 3. The van der Waals surface area contributed by atoms with Gasteiger partial charge in [0.05, 0.1) is 30.2 Å². The highest BCUT2D eigenvalue weighted by atomic mass is 16.5. The van der Waals surface area contributed by atoms with Gasteiger partial charge in [-0.25, -0.2) is 0 Å². The molecular formula is C17H19N3O4. The van der Waals surface area contributed by atoms with Crippen molar-refractivity contribution in [1.29, 1.82) is 0 Å². The molecule has 2 amide bonds. The van der Waals surface area contributed by atoms with E-state index in [4.69, 9.17) is 9.26 Å². The molecule has 1 aromatic heterocycles. The number of hydrogen-bond acceptors (Lipinski definition) is 5. The first kappa shape index (κ1) is 16.2. The highest BCUT2D eigenvalue weighted by Crippen LogP contribution is 2.21. The van der Waals surface area contributed by atoms with Crippen molar-refractivity contribution in [1.82, 2.24) is 10.1 Å². The number of aryl methyl sites for hydroxylation is 2. The highest BCUT2D eigenvalue weighted by Gasteiger charge is 2.23. The van der Waals surface area contributed by atoms with Crippen LogP contribution in [0.25, 0.3) is 0 Å². The zero-order chi connectivity index (χ0) is 17.1. The number of morpholine rings is 1. The van der Waals surface area contributed by atoms with Crippen LogP contribution >= 0.6 is 0 Å². The van der Waals surface area contributed by atoms with Crippen molar-refractivity contribution >= 4 is 17.5 Å². The van der Waals surface area contributed by atoms with Crippen LogP contribution in [0.4, 0.5) is 5.69 Å². The van der Waals surface area contributed by atoms with Gasteiger partial charge in [0.15, 0.2) is 0 Å². The van der Waals surface area contributed by atoms with Crippen LogP contribution in [-0.4, -0.2) is 48.2 Å². The monoisotopic (exact) mass is 329 g/mol. The number of nitrogens with one attached hydrogen (secondary N) is 1. The number of hydrogen-bond donors (Lipinski definition) is 1. The Morgan fingerprint density at radius 3 is 2.54 bits per heavy atom. The van der Waals surface area contributed by atoms with Gasteiger partial charge in [-0.05, 0) is 26.0 Å². The maximum atomic E-state index is 12.7.